The molecule has 6 nitrogen and oxygen atoms in total. The van der Waals surface area contributed by atoms with Crippen LogP contribution in [0.1, 0.15) is 40.5 Å². The standard InChI is InChI=1S/C17H18N4O2/c1-11-13(5-3-9-19-11)17(23)20-14-6-7-15(22)21-16(14)12-4-2-8-18-10-12/h2-5,8-10,14,16H,6-7H2,1H3,(H,20,23)(H,21,22)/t14-,16+/m0/s1. The summed E-state index contributed by atoms with van der Waals surface area (Å²) < 4.78 is 0. The van der Waals surface area contributed by atoms with Gasteiger partial charge in [0.05, 0.1) is 17.6 Å². The van der Waals surface area contributed by atoms with Crippen molar-refractivity contribution in [2.45, 2.75) is 31.8 Å². The zero-order chi connectivity index (χ0) is 16.2. The molecule has 0 unspecified atom stereocenters. The molecule has 0 aromatic carbocycles. The second kappa shape index (κ2) is 6.56. The number of carbonyl (C=O) groups is 2. The summed E-state index contributed by atoms with van der Waals surface area (Å²) in [4.78, 5) is 32.5. The largest absolute Gasteiger partial charge is 0.347 e. The Bertz CT molecular complexity index is 718. The number of pyridine rings is 2. The van der Waals surface area contributed by atoms with Gasteiger partial charge in [0.1, 0.15) is 0 Å². The van der Waals surface area contributed by atoms with Gasteiger partial charge >= 0.3 is 0 Å². The van der Waals surface area contributed by atoms with Gasteiger partial charge < -0.3 is 10.6 Å². The number of nitrogens with zero attached hydrogens (tertiary/aromatic N) is 2. The van der Waals surface area contributed by atoms with Crippen molar-refractivity contribution in [3.05, 3.63) is 59.7 Å². The number of aryl methyl sites for hydroxylation is 1. The molecule has 1 fully saturated rings. The molecule has 2 aromatic heterocycles. The van der Waals surface area contributed by atoms with Crippen molar-refractivity contribution in [2.75, 3.05) is 0 Å². The summed E-state index contributed by atoms with van der Waals surface area (Å²) in [7, 11) is 0. The quantitative estimate of drug-likeness (QED) is 0.900. The average Bonchev–Trinajstić information content (AvgIpc) is 2.57. The number of amides is 2. The summed E-state index contributed by atoms with van der Waals surface area (Å²) >= 11 is 0. The highest BCUT2D eigenvalue weighted by Crippen LogP contribution is 2.24. The minimum Gasteiger partial charge on any atom is -0.347 e. The Labute approximate surface area is 134 Å². The van der Waals surface area contributed by atoms with Crippen molar-refractivity contribution in [2.24, 2.45) is 0 Å². The first-order valence-electron chi connectivity index (χ1n) is 7.57. The van der Waals surface area contributed by atoms with E-state index in [9.17, 15) is 9.59 Å². The third-order valence-corrected chi connectivity index (χ3v) is 4.01. The van der Waals surface area contributed by atoms with Gasteiger partial charge in [-0.2, -0.15) is 0 Å². The van der Waals surface area contributed by atoms with Crippen LogP contribution in [0.25, 0.3) is 0 Å². The first-order chi connectivity index (χ1) is 11.1. The van der Waals surface area contributed by atoms with Crippen LogP contribution in [-0.4, -0.2) is 27.8 Å². The lowest BCUT2D eigenvalue weighted by atomic mass is 9.92. The number of carbonyl (C=O) groups excluding carboxylic acids is 2. The minimum atomic E-state index is -0.272. The lowest BCUT2D eigenvalue weighted by molar-refractivity contribution is -0.123. The predicted octanol–water partition coefficient (Wildman–Crippen LogP) is 1.53. The van der Waals surface area contributed by atoms with Crippen molar-refractivity contribution in [1.29, 1.82) is 0 Å². The Kier molecular flexibility index (Phi) is 4.32. The summed E-state index contributed by atoms with van der Waals surface area (Å²) in [6.45, 7) is 1.80. The molecule has 2 aromatic rings. The highest BCUT2D eigenvalue weighted by atomic mass is 16.2. The Hall–Kier alpha value is -2.76. The van der Waals surface area contributed by atoms with Gasteiger partial charge in [0.2, 0.25) is 5.91 Å². The smallest absolute Gasteiger partial charge is 0.253 e. The molecule has 0 spiro atoms. The summed E-state index contributed by atoms with van der Waals surface area (Å²) in [5.74, 6) is -0.187. The SMILES string of the molecule is Cc1ncccc1C(=O)N[C@H]1CCC(=O)N[C@@H]1c1cccnc1. The first-order valence-corrected chi connectivity index (χ1v) is 7.57. The second-order valence-corrected chi connectivity index (χ2v) is 5.59. The van der Waals surface area contributed by atoms with E-state index in [4.69, 9.17) is 0 Å². The Morgan fingerprint density at radius 1 is 1.30 bits per heavy atom. The van der Waals surface area contributed by atoms with Gasteiger partial charge in [0.25, 0.3) is 5.91 Å². The van der Waals surface area contributed by atoms with E-state index >= 15 is 0 Å². The van der Waals surface area contributed by atoms with Crippen LogP contribution in [0.5, 0.6) is 0 Å². The fourth-order valence-electron chi connectivity index (χ4n) is 2.80. The lowest BCUT2D eigenvalue weighted by Crippen LogP contribution is -2.50. The molecule has 0 aliphatic carbocycles. The van der Waals surface area contributed by atoms with E-state index in [-0.39, 0.29) is 23.9 Å². The second-order valence-electron chi connectivity index (χ2n) is 5.59. The summed E-state index contributed by atoms with van der Waals surface area (Å²) in [5, 5.41) is 5.97. The third kappa shape index (κ3) is 3.36. The average molecular weight is 310 g/mol. The Morgan fingerprint density at radius 3 is 2.87 bits per heavy atom. The molecule has 2 amide bonds. The van der Waals surface area contributed by atoms with Crippen LogP contribution in [0.3, 0.4) is 0 Å². The van der Waals surface area contributed by atoms with Crippen LogP contribution < -0.4 is 10.6 Å². The van der Waals surface area contributed by atoms with Gasteiger partial charge in [-0.05, 0) is 37.1 Å². The molecular weight excluding hydrogens is 292 g/mol. The van der Waals surface area contributed by atoms with Gasteiger partial charge in [-0.15, -0.1) is 0 Å². The summed E-state index contributed by atoms with van der Waals surface area (Å²) in [6, 6.07) is 6.76. The maximum atomic E-state index is 12.5. The van der Waals surface area contributed by atoms with E-state index in [1.54, 1.807) is 37.6 Å². The fourth-order valence-corrected chi connectivity index (χ4v) is 2.80. The van der Waals surface area contributed by atoms with Crippen molar-refractivity contribution >= 4 is 11.8 Å². The van der Waals surface area contributed by atoms with Gasteiger partial charge in [0, 0.05) is 30.7 Å². The molecule has 23 heavy (non-hydrogen) atoms. The Balaban J connectivity index is 1.81. The van der Waals surface area contributed by atoms with Crippen LogP contribution in [0, 0.1) is 6.92 Å². The van der Waals surface area contributed by atoms with E-state index in [2.05, 4.69) is 20.6 Å². The zero-order valence-corrected chi connectivity index (χ0v) is 12.8. The molecule has 1 aliphatic heterocycles. The zero-order valence-electron chi connectivity index (χ0n) is 12.8. The first kappa shape index (κ1) is 15.1. The van der Waals surface area contributed by atoms with E-state index < -0.39 is 0 Å². The highest BCUT2D eigenvalue weighted by molar-refractivity contribution is 5.95. The number of aromatic nitrogens is 2. The predicted molar refractivity (Wildman–Crippen MR) is 84.6 cm³/mol. The van der Waals surface area contributed by atoms with Crippen molar-refractivity contribution in [1.82, 2.24) is 20.6 Å². The van der Waals surface area contributed by atoms with Crippen LogP contribution in [-0.2, 0) is 4.79 Å². The van der Waals surface area contributed by atoms with E-state index in [0.29, 0.717) is 24.1 Å². The van der Waals surface area contributed by atoms with Gasteiger partial charge in [0.15, 0.2) is 0 Å². The molecule has 0 bridgehead atoms. The molecule has 0 radical (unpaired) electrons. The molecule has 3 rings (SSSR count). The monoisotopic (exact) mass is 310 g/mol. The molecular formula is C17H18N4O2. The van der Waals surface area contributed by atoms with Crippen LogP contribution >= 0.6 is 0 Å². The van der Waals surface area contributed by atoms with E-state index in [0.717, 1.165) is 5.56 Å². The summed E-state index contributed by atoms with van der Waals surface area (Å²) in [6.07, 6.45) is 6.04. The molecule has 0 saturated carbocycles. The highest BCUT2D eigenvalue weighted by Gasteiger charge is 2.31. The maximum Gasteiger partial charge on any atom is 0.253 e. The van der Waals surface area contributed by atoms with Crippen molar-refractivity contribution < 1.29 is 9.59 Å². The normalized spacial score (nSPS) is 20.7. The van der Waals surface area contributed by atoms with Gasteiger partial charge in [-0.25, -0.2) is 0 Å². The van der Waals surface area contributed by atoms with E-state index in [1.165, 1.54) is 0 Å². The van der Waals surface area contributed by atoms with Crippen LogP contribution in [0.4, 0.5) is 0 Å². The molecule has 1 aliphatic rings. The molecule has 1 saturated heterocycles. The van der Waals surface area contributed by atoms with Gasteiger partial charge in [-0.1, -0.05) is 6.07 Å². The lowest BCUT2D eigenvalue weighted by Gasteiger charge is -2.33. The van der Waals surface area contributed by atoms with Crippen LogP contribution in [0.2, 0.25) is 0 Å². The van der Waals surface area contributed by atoms with E-state index in [1.807, 2.05) is 12.1 Å². The fraction of sp³-hybridized carbons (Fsp3) is 0.294. The molecule has 118 valence electrons. The Morgan fingerprint density at radius 2 is 2.13 bits per heavy atom. The number of hydrogen-bond acceptors (Lipinski definition) is 4. The molecule has 3 heterocycles. The topological polar surface area (TPSA) is 84.0 Å². The van der Waals surface area contributed by atoms with Crippen LogP contribution in [0.15, 0.2) is 42.9 Å². The van der Waals surface area contributed by atoms with Crippen molar-refractivity contribution in [3.8, 4) is 0 Å². The molecule has 6 heteroatoms. The number of hydrogen-bond donors (Lipinski definition) is 2. The maximum absolute atomic E-state index is 12.5. The number of piperidine rings is 1. The minimum absolute atomic E-state index is 0.0121. The number of nitrogens with one attached hydrogen (secondary N) is 2. The summed E-state index contributed by atoms with van der Waals surface area (Å²) in [5.41, 5.74) is 2.12. The van der Waals surface area contributed by atoms with Crippen molar-refractivity contribution in [3.63, 3.8) is 0 Å². The van der Waals surface area contributed by atoms with Gasteiger partial charge in [-0.3, -0.25) is 19.6 Å². The third-order valence-electron chi connectivity index (χ3n) is 4.01. The molecule has 2 N–H and O–H groups in total. The number of rotatable bonds is 3. The molecule has 2 atom stereocenters.